The molecule has 1 fully saturated rings. The van der Waals surface area contributed by atoms with Crippen LogP contribution in [0.2, 0.25) is 0 Å². The second-order valence-electron chi connectivity index (χ2n) is 11.8. The van der Waals surface area contributed by atoms with Gasteiger partial charge in [0.25, 0.3) is 5.91 Å². The number of amides is 2. The highest BCUT2D eigenvalue weighted by Gasteiger charge is 2.41. The Labute approximate surface area is 241 Å². The number of Topliss-reactive ketones (excluding diaryl/α,β-unsaturated/α-hetero) is 1. The summed E-state index contributed by atoms with van der Waals surface area (Å²) in [5.41, 5.74) is 7.93. The van der Waals surface area contributed by atoms with Crippen molar-refractivity contribution in [1.29, 1.82) is 0 Å². The maximum absolute atomic E-state index is 13.7. The molecule has 2 aromatic carbocycles. The van der Waals surface area contributed by atoms with E-state index in [0.717, 1.165) is 47.2 Å². The first-order valence-corrected chi connectivity index (χ1v) is 15.3. The van der Waals surface area contributed by atoms with Crippen LogP contribution in [0.4, 0.5) is 0 Å². The zero-order chi connectivity index (χ0) is 28.6. The van der Waals surface area contributed by atoms with Crippen LogP contribution in [0.1, 0.15) is 85.2 Å². The van der Waals surface area contributed by atoms with Crippen LogP contribution in [-0.2, 0) is 16.1 Å². The van der Waals surface area contributed by atoms with E-state index in [9.17, 15) is 14.4 Å². The lowest BCUT2D eigenvalue weighted by atomic mass is 9.85. The molecule has 1 N–H and O–H groups in total. The van der Waals surface area contributed by atoms with Gasteiger partial charge in [-0.1, -0.05) is 56.7 Å². The van der Waals surface area contributed by atoms with Gasteiger partial charge in [-0.15, -0.1) is 11.3 Å². The number of nitrogens with zero attached hydrogens (tertiary/aromatic N) is 2. The number of benzene rings is 2. The second kappa shape index (κ2) is 11.7. The number of hydrogen-bond acceptors (Lipinski definition) is 5. The minimum Gasteiger partial charge on any atom is -0.349 e. The standard InChI is InChI=1S/C33H39N3O3S/c1-19(2)30(36-17-25-9-6-7-11-28(25)33(36)39)29(37)16-23-10-8-12-27(23)32(38)35-21(4)26-14-13-24(15-20(26)3)31-22(5)34-18-40-31/h6-7,9,11,13-15,18-19,21,23,27,30H,8,10,12,16-17H2,1-5H3,(H,35,38)/t21-,23?,27?,30-/m0/s1. The predicted octanol–water partition coefficient (Wildman–Crippen LogP) is 6.66. The topological polar surface area (TPSA) is 79.4 Å². The Morgan fingerprint density at radius 3 is 2.55 bits per heavy atom. The number of carbonyl (C=O) groups excluding carboxylic acids is 3. The number of carbonyl (C=O) groups is 3. The van der Waals surface area contributed by atoms with Gasteiger partial charge in [0.1, 0.15) is 0 Å². The van der Waals surface area contributed by atoms with E-state index >= 15 is 0 Å². The van der Waals surface area contributed by atoms with Crippen LogP contribution in [0.15, 0.2) is 48.0 Å². The molecule has 0 bridgehead atoms. The first-order valence-electron chi connectivity index (χ1n) is 14.4. The van der Waals surface area contributed by atoms with E-state index in [-0.39, 0.29) is 41.4 Å². The third-order valence-corrected chi connectivity index (χ3v) is 9.69. The summed E-state index contributed by atoms with van der Waals surface area (Å²) in [6.07, 6.45) is 2.92. The van der Waals surface area contributed by atoms with Crippen LogP contribution in [0.25, 0.3) is 10.4 Å². The lowest BCUT2D eigenvalue weighted by molar-refractivity contribution is -0.129. The average Bonchev–Trinajstić information content (AvgIpc) is 3.63. The van der Waals surface area contributed by atoms with Crippen LogP contribution in [0.3, 0.4) is 0 Å². The predicted molar refractivity (Wildman–Crippen MR) is 159 cm³/mol. The molecule has 40 heavy (non-hydrogen) atoms. The maximum atomic E-state index is 13.7. The van der Waals surface area contributed by atoms with Crippen LogP contribution in [0.5, 0.6) is 0 Å². The monoisotopic (exact) mass is 557 g/mol. The van der Waals surface area contributed by atoms with Gasteiger partial charge in [-0.25, -0.2) is 4.98 Å². The summed E-state index contributed by atoms with van der Waals surface area (Å²) in [5, 5.41) is 3.25. The van der Waals surface area contributed by atoms with Gasteiger partial charge in [-0.3, -0.25) is 14.4 Å². The largest absolute Gasteiger partial charge is 0.349 e. The van der Waals surface area contributed by atoms with E-state index in [4.69, 9.17) is 0 Å². The molecule has 6 nitrogen and oxygen atoms in total. The van der Waals surface area contributed by atoms with Gasteiger partial charge in [0.05, 0.1) is 28.2 Å². The third-order valence-electron chi connectivity index (χ3n) is 8.71. The fourth-order valence-electron chi connectivity index (χ4n) is 6.69. The molecule has 1 aliphatic heterocycles. The molecule has 210 valence electrons. The van der Waals surface area contributed by atoms with E-state index in [0.29, 0.717) is 18.5 Å². The highest BCUT2D eigenvalue weighted by atomic mass is 32.1. The van der Waals surface area contributed by atoms with Crippen molar-refractivity contribution in [2.24, 2.45) is 17.8 Å². The SMILES string of the molecule is Cc1cc(-c2scnc2C)ccc1[C@H](C)NC(=O)C1CCCC1CC(=O)[C@H](C(C)C)N1Cc2ccccc2C1=O. The van der Waals surface area contributed by atoms with Crippen molar-refractivity contribution in [3.63, 3.8) is 0 Å². The normalized spacial score (nSPS) is 20.1. The fraction of sp³-hybridized carbons (Fsp3) is 0.455. The summed E-state index contributed by atoms with van der Waals surface area (Å²) in [7, 11) is 0. The van der Waals surface area contributed by atoms with Crippen molar-refractivity contribution in [1.82, 2.24) is 15.2 Å². The number of rotatable bonds is 9. The van der Waals surface area contributed by atoms with Gasteiger partial charge < -0.3 is 10.2 Å². The van der Waals surface area contributed by atoms with Crippen molar-refractivity contribution < 1.29 is 14.4 Å². The number of aryl methyl sites for hydroxylation is 2. The molecule has 3 aromatic rings. The summed E-state index contributed by atoms with van der Waals surface area (Å²) in [4.78, 5) is 47.6. The molecule has 0 radical (unpaired) electrons. The molecular weight excluding hydrogens is 518 g/mol. The molecule has 4 atom stereocenters. The molecule has 2 aliphatic rings. The fourth-order valence-corrected chi connectivity index (χ4v) is 7.49. The van der Waals surface area contributed by atoms with Gasteiger partial charge in [-0.2, -0.15) is 0 Å². The molecule has 2 heterocycles. The minimum absolute atomic E-state index is 0.000780. The molecule has 0 spiro atoms. The summed E-state index contributed by atoms with van der Waals surface area (Å²) < 4.78 is 0. The zero-order valence-corrected chi connectivity index (χ0v) is 24.9. The van der Waals surface area contributed by atoms with Gasteiger partial charge >= 0.3 is 0 Å². The maximum Gasteiger partial charge on any atom is 0.255 e. The zero-order valence-electron chi connectivity index (χ0n) is 24.1. The number of hydrogen-bond donors (Lipinski definition) is 1. The Kier molecular flexibility index (Phi) is 8.22. The molecule has 1 saturated carbocycles. The highest BCUT2D eigenvalue weighted by Crippen LogP contribution is 2.37. The van der Waals surface area contributed by atoms with Gasteiger partial charge in [-0.05, 0) is 73.8 Å². The Morgan fingerprint density at radius 1 is 1.10 bits per heavy atom. The van der Waals surface area contributed by atoms with Crippen LogP contribution >= 0.6 is 11.3 Å². The van der Waals surface area contributed by atoms with Gasteiger partial charge in [0.15, 0.2) is 5.78 Å². The Hall–Kier alpha value is -3.32. The van der Waals surface area contributed by atoms with E-state index < -0.39 is 6.04 Å². The molecule has 1 aliphatic carbocycles. The Bertz CT molecular complexity index is 1430. The van der Waals surface area contributed by atoms with Crippen molar-refractivity contribution in [3.8, 4) is 10.4 Å². The van der Waals surface area contributed by atoms with Crippen molar-refractivity contribution >= 4 is 28.9 Å². The van der Waals surface area contributed by atoms with Crippen LogP contribution in [0, 0.1) is 31.6 Å². The number of nitrogens with one attached hydrogen (secondary N) is 1. The molecular formula is C33H39N3O3S. The van der Waals surface area contributed by atoms with Gasteiger partial charge in [0.2, 0.25) is 5.91 Å². The molecule has 7 heteroatoms. The minimum atomic E-state index is -0.480. The lowest BCUT2D eigenvalue weighted by Crippen LogP contribution is -2.46. The van der Waals surface area contributed by atoms with E-state index in [1.165, 1.54) is 4.88 Å². The Balaban J connectivity index is 1.24. The van der Waals surface area contributed by atoms with E-state index in [1.807, 2.05) is 57.5 Å². The van der Waals surface area contributed by atoms with Crippen LogP contribution < -0.4 is 5.32 Å². The molecule has 1 aromatic heterocycles. The summed E-state index contributed by atoms with van der Waals surface area (Å²) in [6.45, 7) is 10.6. The Morgan fingerprint density at radius 2 is 1.88 bits per heavy atom. The number of aromatic nitrogens is 1. The molecule has 0 saturated heterocycles. The molecule has 2 unspecified atom stereocenters. The quantitative estimate of drug-likeness (QED) is 0.319. The van der Waals surface area contributed by atoms with Crippen molar-refractivity contribution in [2.75, 3.05) is 0 Å². The summed E-state index contributed by atoms with van der Waals surface area (Å²) >= 11 is 1.64. The third kappa shape index (κ3) is 5.49. The number of fused-ring (bicyclic) bond motifs is 1. The van der Waals surface area contributed by atoms with Gasteiger partial charge in [0, 0.05) is 24.4 Å². The highest BCUT2D eigenvalue weighted by molar-refractivity contribution is 7.13. The lowest BCUT2D eigenvalue weighted by Gasteiger charge is -2.31. The average molecular weight is 558 g/mol. The van der Waals surface area contributed by atoms with E-state index in [1.54, 1.807) is 16.2 Å². The molecule has 2 amide bonds. The van der Waals surface area contributed by atoms with Crippen molar-refractivity contribution in [2.45, 2.75) is 78.9 Å². The second-order valence-corrected chi connectivity index (χ2v) is 12.7. The van der Waals surface area contributed by atoms with Crippen LogP contribution in [-0.4, -0.2) is 33.5 Å². The first kappa shape index (κ1) is 28.2. The van der Waals surface area contributed by atoms with E-state index in [2.05, 4.69) is 35.4 Å². The number of ketones is 1. The summed E-state index contributed by atoms with van der Waals surface area (Å²) in [5.74, 6) is -0.166. The first-order chi connectivity index (χ1) is 19.2. The molecule has 5 rings (SSSR count). The summed E-state index contributed by atoms with van der Waals surface area (Å²) in [6, 6.07) is 13.4. The van der Waals surface area contributed by atoms with Crippen molar-refractivity contribution in [3.05, 3.63) is 75.9 Å². The smallest absolute Gasteiger partial charge is 0.255 e. The number of thiazole rings is 1.